The van der Waals surface area contributed by atoms with E-state index in [1.54, 1.807) is 0 Å². The molecular formula is C16H18BNO3. The Morgan fingerprint density at radius 3 is 1.95 bits per heavy atom. The first-order valence-corrected chi connectivity index (χ1v) is 7.09. The minimum atomic E-state index is -0.648. The van der Waals surface area contributed by atoms with Gasteiger partial charge in [0.05, 0.1) is 25.4 Å². The molecule has 4 nitrogen and oxygen atoms in total. The van der Waals surface area contributed by atoms with Crippen LogP contribution >= 0.6 is 0 Å². The molecule has 0 spiro atoms. The average molecular weight is 283 g/mol. The predicted octanol–water partition coefficient (Wildman–Crippen LogP) is 2.48. The Kier molecular flexibility index (Phi) is 4.67. The lowest BCUT2D eigenvalue weighted by Crippen LogP contribution is -2.30. The summed E-state index contributed by atoms with van der Waals surface area (Å²) >= 11 is 0. The fourth-order valence-electron chi connectivity index (χ4n) is 2.40. The van der Waals surface area contributed by atoms with Crippen molar-refractivity contribution in [2.24, 2.45) is 5.73 Å². The van der Waals surface area contributed by atoms with Crippen LogP contribution in [0, 0.1) is 0 Å². The zero-order valence-electron chi connectivity index (χ0n) is 11.7. The van der Waals surface area contributed by atoms with Crippen LogP contribution in [-0.2, 0) is 14.0 Å². The molecule has 1 heterocycles. The summed E-state index contributed by atoms with van der Waals surface area (Å²) in [7, 11) is -0.648. The summed E-state index contributed by atoms with van der Waals surface area (Å²) < 4.78 is 16.7. The quantitative estimate of drug-likeness (QED) is 0.856. The Morgan fingerprint density at radius 2 is 1.38 bits per heavy atom. The molecule has 1 aliphatic rings. The van der Waals surface area contributed by atoms with Crippen molar-refractivity contribution in [2.75, 3.05) is 13.2 Å². The maximum absolute atomic E-state index is 6.41. The first-order chi connectivity index (χ1) is 10.3. The average Bonchev–Trinajstić information content (AvgIpc) is 3.07. The number of nitrogens with two attached hydrogens (primary N) is 1. The van der Waals surface area contributed by atoms with Crippen molar-refractivity contribution in [3.63, 3.8) is 0 Å². The molecule has 2 aromatic carbocycles. The normalized spacial score (nSPS) is 17.7. The molecule has 5 heteroatoms. The number of benzene rings is 2. The van der Waals surface area contributed by atoms with E-state index in [0.29, 0.717) is 13.2 Å². The molecule has 0 aliphatic carbocycles. The Labute approximate surface area is 125 Å². The third-order valence-corrected chi connectivity index (χ3v) is 3.49. The van der Waals surface area contributed by atoms with E-state index in [4.69, 9.17) is 19.7 Å². The van der Waals surface area contributed by atoms with Crippen LogP contribution in [-0.4, -0.2) is 20.5 Å². The minimum Gasteiger partial charge on any atom is -0.384 e. The van der Waals surface area contributed by atoms with Gasteiger partial charge in [-0.1, -0.05) is 60.7 Å². The van der Waals surface area contributed by atoms with Crippen LogP contribution in [0.3, 0.4) is 0 Å². The van der Waals surface area contributed by atoms with E-state index in [9.17, 15) is 0 Å². The molecule has 0 aromatic heterocycles. The lowest BCUT2D eigenvalue weighted by atomic mass is 9.95. The summed E-state index contributed by atoms with van der Waals surface area (Å²) in [6, 6.07) is 19.5. The summed E-state index contributed by atoms with van der Waals surface area (Å²) in [4.78, 5) is 0. The SMILES string of the molecule is N[C@@H](c1ccccc1)[C@H](OB1OCCO1)c1ccccc1. The van der Waals surface area contributed by atoms with E-state index in [2.05, 4.69) is 0 Å². The van der Waals surface area contributed by atoms with E-state index >= 15 is 0 Å². The predicted molar refractivity (Wildman–Crippen MR) is 81.3 cm³/mol. The number of hydrogen-bond donors (Lipinski definition) is 1. The highest BCUT2D eigenvalue weighted by atomic mass is 16.8. The molecule has 0 radical (unpaired) electrons. The molecule has 108 valence electrons. The Hall–Kier alpha value is -1.66. The number of hydrogen-bond acceptors (Lipinski definition) is 4. The van der Waals surface area contributed by atoms with Gasteiger partial charge in [-0.25, -0.2) is 0 Å². The zero-order valence-corrected chi connectivity index (χ0v) is 11.7. The van der Waals surface area contributed by atoms with Gasteiger partial charge in [-0.2, -0.15) is 0 Å². The molecule has 21 heavy (non-hydrogen) atoms. The van der Waals surface area contributed by atoms with Gasteiger partial charge in [-0.15, -0.1) is 0 Å². The second-order valence-electron chi connectivity index (χ2n) is 4.93. The molecule has 1 fully saturated rings. The highest BCUT2D eigenvalue weighted by Crippen LogP contribution is 2.31. The van der Waals surface area contributed by atoms with Gasteiger partial charge in [-0.05, 0) is 11.1 Å². The van der Waals surface area contributed by atoms with Crippen LogP contribution < -0.4 is 5.73 Å². The van der Waals surface area contributed by atoms with Crippen molar-refractivity contribution < 1.29 is 14.0 Å². The molecule has 3 rings (SSSR count). The Balaban J connectivity index is 1.84. The van der Waals surface area contributed by atoms with Crippen LogP contribution in [0.25, 0.3) is 0 Å². The van der Waals surface area contributed by atoms with Gasteiger partial charge in [0.15, 0.2) is 0 Å². The largest absolute Gasteiger partial charge is 0.640 e. The van der Waals surface area contributed by atoms with Crippen molar-refractivity contribution in [3.8, 4) is 0 Å². The van der Waals surface area contributed by atoms with Crippen LogP contribution in [0.4, 0.5) is 0 Å². The van der Waals surface area contributed by atoms with Crippen molar-refractivity contribution in [1.29, 1.82) is 0 Å². The summed E-state index contributed by atoms with van der Waals surface area (Å²) in [5.74, 6) is 0. The lowest BCUT2D eigenvalue weighted by Gasteiger charge is -2.26. The summed E-state index contributed by atoms with van der Waals surface area (Å²) in [5.41, 5.74) is 8.44. The first-order valence-electron chi connectivity index (χ1n) is 7.09. The van der Waals surface area contributed by atoms with Gasteiger partial charge >= 0.3 is 7.32 Å². The van der Waals surface area contributed by atoms with Crippen molar-refractivity contribution >= 4 is 7.32 Å². The molecule has 1 saturated heterocycles. The standard InChI is InChI=1S/C16H18BNO3/c18-15(13-7-3-1-4-8-13)16(14-9-5-2-6-10-14)21-17-19-11-12-20-17/h1-10,15-16H,11-12,18H2/t15-,16+/m0/s1. The molecule has 1 aliphatic heterocycles. The third-order valence-electron chi connectivity index (χ3n) is 3.49. The van der Waals surface area contributed by atoms with Gasteiger partial charge in [-0.3, -0.25) is 0 Å². The fourth-order valence-corrected chi connectivity index (χ4v) is 2.40. The molecular weight excluding hydrogens is 265 g/mol. The molecule has 2 N–H and O–H groups in total. The van der Waals surface area contributed by atoms with Crippen LogP contribution in [0.2, 0.25) is 0 Å². The van der Waals surface area contributed by atoms with Crippen LogP contribution in [0.15, 0.2) is 60.7 Å². The molecule has 0 saturated carbocycles. The highest BCUT2D eigenvalue weighted by Gasteiger charge is 2.33. The maximum atomic E-state index is 6.41. The Morgan fingerprint density at radius 1 is 0.857 bits per heavy atom. The van der Waals surface area contributed by atoms with Gasteiger partial charge in [0.2, 0.25) is 0 Å². The van der Waals surface area contributed by atoms with E-state index < -0.39 is 7.32 Å². The number of rotatable bonds is 5. The van der Waals surface area contributed by atoms with Gasteiger partial charge < -0.3 is 19.7 Å². The lowest BCUT2D eigenvalue weighted by molar-refractivity contribution is 0.0960. The van der Waals surface area contributed by atoms with Crippen molar-refractivity contribution in [1.82, 2.24) is 0 Å². The Bertz CT molecular complexity index is 546. The molecule has 0 bridgehead atoms. The third kappa shape index (κ3) is 3.51. The molecule has 2 atom stereocenters. The van der Waals surface area contributed by atoms with Gasteiger partial charge in [0, 0.05) is 0 Å². The summed E-state index contributed by atoms with van der Waals surface area (Å²) in [6.07, 6.45) is -0.323. The molecule has 0 amide bonds. The molecule has 2 aromatic rings. The smallest absolute Gasteiger partial charge is 0.384 e. The zero-order chi connectivity index (χ0) is 14.5. The highest BCUT2D eigenvalue weighted by molar-refractivity contribution is 6.37. The minimum absolute atomic E-state index is 0.290. The topological polar surface area (TPSA) is 53.7 Å². The van der Waals surface area contributed by atoms with Crippen molar-refractivity contribution in [3.05, 3.63) is 71.8 Å². The fraction of sp³-hybridized carbons (Fsp3) is 0.250. The van der Waals surface area contributed by atoms with E-state index in [1.807, 2.05) is 60.7 Å². The molecule has 0 unspecified atom stereocenters. The summed E-state index contributed by atoms with van der Waals surface area (Å²) in [5, 5.41) is 0. The first kappa shape index (κ1) is 14.3. The van der Waals surface area contributed by atoms with E-state index in [0.717, 1.165) is 11.1 Å². The maximum Gasteiger partial charge on any atom is 0.640 e. The van der Waals surface area contributed by atoms with E-state index in [-0.39, 0.29) is 12.1 Å². The summed E-state index contributed by atoms with van der Waals surface area (Å²) in [6.45, 7) is 1.10. The van der Waals surface area contributed by atoms with Gasteiger partial charge in [0.25, 0.3) is 0 Å². The monoisotopic (exact) mass is 283 g/mol. The van der Waals surface area contributed by atoms with Crippen molar-refractivity contribution in [2.45, 2.75) is 12.1 Å². The van der Waals surface area contributed by atoms with E-state index in [1.165, 1.54) is 0 Å². The second-order valence-corrected chi connectivity index (χ2v) is 4.93. The van der Waals surface area contributed by atoms with Gasteiger partial charge in [0.1, 0.15) is 0 Å². The van der Waals surface area contributed by atoms with Crippen LogP contribution in [0.1, 0.15) is 23.3 Å². The second kappa shape index (κ2) is 6.87. The van der Waals surface area contributed by atoms with Crippen LogP contribution in [0.5, 0.6) is 0 Å².